The number of aliphatic hydroxyl groups excluding tert-OH is 1. The zero-order chi connectivity index (χ0) is 14.5. The standard InChI is InChI=1S/C14H23NO3S/c1-4-6-11(3)15-19(17,18)14-9-12(10-16)7-8-13(14)5-2/h7-9,11,15-16H,4-6,10H2,1-3H3. The molecular weight excluding hydrogens is 262 g/mol. The van der Waals surface area contributed by atoms with Crippen molar-refractivity contribution in [1.82, 2.24) is 4.72 Å². The Balaban J connectivity index is 3.11. The van der Waals surface area contributed by atoms with Crippen molar-refractivity contribution in [2.75, 3.05) is 0 Å². The van der Waals surface area contributed by atoms with Crippen LogP contribution < -0.4 is 4.72 Å². The Morgan fingerprint density at radius 1 is 1.32 bits per heavy atom. The van der Waals surface area contributed by atoms with Crippen LogP contribution in [-0.2, 0) is 23.1 Å². The van der Waals surface area contributed by atoms with Crippen LogP contribution in [0.25, 0.3) is 0 Å². The maximum atomic E-state index is 12.4. The van der Waals surface area contributed by atoms with Crippen LogP contribution in [0.1, 0.15) is 44.7 Å². The summed E-state index contributed by atoms with van der Waals surface area (Å²) < 4.78 is 27.4. The fourth-order valence-corrected chi connectivity index (χ4v) is 3.70. The van der Waals surface area contributed by atoms with Crippen molar-refractivity contribution in [1.29, 1.82) is 0 Å². The van der Waals surface area contributed by atoms with E-state index >= 15 is 0 Å². The van der Waals surface area contributed by atoms with Crippen molar-refractivity contribution in [2.45, 2.75) is 57.6 Å². The molecule has 0 amide bonds. The first-order chi connectivity index (χ1) is 8.94. The molecule has 0 aromatic heterocycles. The van der Waals surface area contributed by atoms with Crippen LogP contribution in [-0.4, -0.2) is 19.6 Å². The van der Waals surface area contributed by atoms with E-state index in [1.54, 1.807) is 18.2 Å². The van der Waals surface area contributed by atoms with Crippen LogP contribution in [0.4, 0.5) is 0 Å². The molecule has 0 spiro atoms. The van der Waals surface area contributed by atoms with Crippen molar-refractivity contribution in [3.63, 3.8) is 0 Å². The van der Waals surface area contributed by atoms with Crippen molar-refractivity contribution in [3.8, 4) is 0 Å². The molecule has 1 rings (SSSR count). The predicted octanol–water partition coefficient (Wildman–Crippen LogP) is 2.21. The summed E-state index contributed by atoms with van der Waals surface area (Å²) in [6.07, 6.45) is 2.38. The zero-order valence-corrected chi connectivity index (χ0v) is 12.6. The molecule has 0 saturated carbocycles. The van der Waals surface area contributed by atoms with Gasteiger partial charge in [0.15, 0.2) is 0 Å². The van der Waals surface area contributed by atoms with E-state index in [9.17, 15) is 8.42 Å². The highest BCUT2D eigenvalue weighted by molar-refractivity contribution is 7.89. The number of nitrogens with one attached hydrogen (secondary N) is 1. The van der Waals surface area contributed by atoms with Crippen molar-refractivity contribution >= 4 is 10.0 Å². The second-order valence-electron chi connectivity index (χ2n) is 4.76. The molecule has 0 aliphatic heterocycles. The Bertz CT molecular complexity index is 511. The molecular formula is C14H23NO3S. The number of benzene rings is 1. The molecule has 0 aliphatic rings. The van der Waals surface area contributed by atoms with Gasteiger partial charge in [-0.1, -0.05) is 32.4 Å². The van der Waals surface area contributed by atoms with Gasteiger partial charge in [0.1, 0.15) is 0 Å². The molecule has 0 heterocycles. The summed E-state index contributed by atoms with van der Waals surface area (Å²) in [5, 5.41) is 9.14. The van der Waals surface area contributed by atoms with Gasteiger partial charge in [0.25, 0.3) is 0 Å². The van der Waals surface area contributed by atoms with Crippen LogP contribution in [0.3, 0.4) is 0 Å². The summed E-state index contributed by atoms with van der Waals surface area (Å²) >= 11 is 0. The minimum absolute atomic E-state index is 0.0857. The van der Waals surface area contributed by atoms with Crippen molar-refractivity contribution in [2.24, 2.45) is 0 Å². The topological polar surface area (TPSA) is 66.4 Å². The summed E-state index contributed by atoms with van der Waals surface area (Å²) in [5.41, 5.74) is 1.38. The molecule has 1 atom stereocenters. The Morgan fingerprint density at radius 3 is 2.53 bits per heavy atom. The lowest BCUT2D eigenvalue weighted by Gasteiger charge is -2.16. The van der Waals surface area contributed by atoms with Crippen molar-refractivity contribution in [3.05, 3.63) is 29.3 Å². The Morgan fingerprint density at radius 2 is 2.00 bits per heavy atom. The van der Waals surface area contributed by atoms with Crippen LogP contribution in [0.2, 0.25) is 0 Å². The van der Waals surface area contributed by atoms with Gasteiger partial charge in [0.05, 0.1) is 11.5 Å². The average Bonchev–Trinajstić information content (AvgIpc) is 2.37. The SMILES string of the molecule is CCCC(C)NS(=O)(=O)c1cc(CO)ccc1CC. The number of hydrogen-bond donors (Lipinski definition) is 2. The summed E-state index contributed by atoms with van der Waals surface area (Å²) in [5.74, 6) is 0. The maximum Gasteiger partial charge on any atom is 0.241 e. The number of hydrogen-bond acceptors (Lipinski definition) is 3. The molecule has 2 N–H and O–H groups in total. The van der Waals surface area contributed by atoms with Gasteiger partial charge in [-0.15, -0.1) is 0 Å². The van der Waals surface area contributed by atoms with E-state index in [1.165, 1.54) is 0 Å². The summed E-state index contributed by atoms with van der Waals surface area (Å²) in [7, 11) is -3.52. The third-order valence-electron chi connectivity index (χ3n) is 3.06. The van der Waals surface area contributed by atoms with E-state index in [2.05, 4.69) is 4.72 Å². The minimum Gasteiger partial charge on any atom is -0.392 e. The van der Waals surface area contributed by atoms with Crippen LogP contribution in [0.5, 0.6) is 0 Å². The Labute approximate surface area is 115 Å². The van der Waals surface area contributed by atoms with Gasteiger partial charge in [0, 0.05) is 6.04 Å². The molecule has 0 radical (unpaired) electrons. The Hall–Kier alpha value is -0.910. The van der Waals surface area contributed by atoms with Crippen LogP contribution in [0.15, 0.2) is 23.1 Å². The van der Waals surface area contributed by atoms with Crippen LogP contribution >= 0.6 is 0 Å². The molecule has 0 aliphatic carbocycles. The minimum atomic E-state index is -3.52. The molecule has 4 nitrogen and oxygen atoms in total. The molecule has 1 aromatic carbocycles. The largest absolute Gasteiger partial charge is 0.392 e. The number of sulfonamides is 1. The highest BCUT2D eigenvalue weighted by Gasteiger charge is 2.20. The molecule has 0 fully saturated rings. The van der Waals surface area contributed by atoms with E-state index in [0.29, 0.717) is 12.0 Å². The molecule has 0 saturated heterocycles. The van der Waals surface area contributed by atoms with Gasteiger partial charge in [-0.2, -0.15) is 0 Å². The number of aryl methyl sites for hydroxylation is 1. The predicted molar refractivity (Wildman–Crippen MR) is 76.4 cm³/mol. The number of aliphatic hydroxyl groups is 1. The summed E-state index contributed by atoms with van der Waals surface area (Å²) in [6.45, 7) is 5.65. The van der Waals surface area contributed by atoms with Gasteiger partial charge in [-0.3, -0.25) is 0 Å². The summed E-state index contributed by atoms with van der Waals surface area (Å²) in [6, 6.07) is 5.00. The second-order valence-corrected chi connectivity index (χ2v) is 6.45. The van der Waals surface area contributed by atoms with Crippen molar-refractivity contribution < 1.29 is 13.5 Å². The lowest BCUT2D eigenvalue weighted by Crippen LogP contribution is -2.33. The molecule has 5 heteroatoms. The molecule has 0 bridgehead atoms. The average molecular weight is 285 g/mol. The molecule has 108 valence electrons. The first-order valence-corrected chi connectivity index (χ1v) is 8.17. The van der Waals surface area contributed by atoms with Gasteiger partial charge < -0.3 is 5.11 Å². The highest BCUT2D eigenvalue weighted by Crippen LogP contribution is 2.19. The zero-order valence-electron chi connectivity index (χ0n) is 11.8. The fourth-order valence-electron chi connectivity index (χ4n) is 2.06. The molecule has 1 aromatic rings. The smallest absolute Gasteiger partial charge is 0.241 e. The lowest BCUT2D eigenvalue weighted by atomic mass is 10.1. The lowest BCUT2D eigenvalue weighted by molar-refractivity contribution is 0.281. The number of rotatable bonds is 7. The molecule has 1 unspecified atom stereocenters. The van der Waals surface area contributed by atoms with E-state index in [0.717, 1.165) is 18.4 Å². The van der Waals surface area contributed by atoms with Gasteiger partial charge in [0.2, 0.25) is 10.0 Å². The monoisotopic (exact) mass is 285 g/mol. The fraction of sp³-hybridized carbons (Fsp3) is 0.571. The van der Waals surface area contributed by atoms with E-state index < -0.39 is 10.0 Å². The maximum absolute atomic E-state index is 12.4. The third-order valence-corrected chi connectivity index (χ3v) is 4.73. The second kappa shape index (κ2) is 7.03. The van der Waals surface area contributed by atoms with Gasteiger partial charge in [-0.25, -0.2) is 13.1 Å². The molecule has 19 heavy (non-hydrogen) atoms. The summed E-state index contributed by atoms with van der Waals surface area (Å²) in [4.78, 5) is 0.282. The van der Waals surface area contributed by atoms with Crippen LogP contribution in [0, 0.1) is 0 Å². The normalized spacial score (nSPS) is 13.5. The quantitative estimate of drug-likeness (QED) is 0.807. The van der Waals surface area contributed by atoms with Gasteiger partial charge in [-0.05, 0) is 37.0 Å². The van der Waals surface area contributed by atoms with E-state index in [-0.39, 0.29) is 17.5 Å². The highest BCUT2D eigenvalue weighted by atomic mass is 32.2. The first kappa shape index (κ1) is 16.1. The Kier molecular flexibility index (Phi) is 5.97. The third kappa shape index (κ3) is 4.30. The van der Waals surface area contributed by atoms with E-state index in [4.69, 9.17) is 5.11 Å². The van der Waals surface area contributed by atoms with E-state index in [1.807, 2.05) is 20.8 Å². The van der Waals surface area contributed by atoms with Gasteiger partial charge >= 0.3 is 0 Å². The first-order valence-electron chi connectivity index (χ1n) is 6.69.